The Morgan fingerprint density at radius 1 is 1.05 bits per heavy atom. The summed E-state index contributed by atoms with van der Waals surface area (Å²) in [6.45, 7) is 0. The highest BCUT2D eigenvalue weighted by molar-refractivity contribution is 5.78. The smallest absolute Gasteiger partial charge is 0.260 e. The van der Waals surface area contributed by atoms with Crippen LogP contribution in [0.25, 0.3) is 10.9 Å². The number of fused-ring (bicyclic) bond motifs is 1. The average Bonchev–Trinajstić information content (AvgIpc) is 2.43. The summed E-state index contributed by atoms with van der Waals surface area (Å²) >= 11 is 0. The van der Waals surface area contributed by atoms with Crippen LogP contribution in [0.15, 0.2) is 47.3 Å². The molecule has 3 rings (SSSR count). The van der Waals surface area contributed by atoms with E-state index < -0.39 is 11.6 Å². The third-order valence-corrected chi connectivity index (χ3v) is 2.80. The molecule has 0 saturated carbocycles. The largest absolute Gasteiger partial charge is 0.326 e. The van der Waals surface area contributed by atoms with Crippen molar-refractivity contribution in [3.8, 4) is 0 Å². The molecule has 3 aromatic rings. The zero-order chi connectivity index (χ0) is 14.1. The van der Waals surface area contributed by atoms with Crippen LogP contribution in [-0.4, -0.2) is 9.97 Å². The minimum atomic E-state index is -0.974. The monoisotopic (exact) mass is 273 g/mol. The summed E-state index contributed by atoms with van der Waals surface area (Å²) in [5, 5.41) is 3.19. The van der Waals surface area contributed by atoms with Crippen molar-refractivity contribution in [3.63, 3.8) is 0 Å². The molecule has 0 aliphatic heterocycles. The van der Waals surface area contributed by atoms with Crippen molar-refractivity contribution in [1.82, 2.24) is 9.97 Å². The molecule has 0 amide bonds. The highest BCUT2D eigenvalue weighted by atomic mass is 19.2. The molecule has 2 N–H and O–H groups in total. The van der Waals surface area contributed by atoms with E-state index in [4.69, 9.17) is 0 Å². The first-order chi connectivity index (χ1) is 9.63. The van der Waals surface area contributed by atoms with Gasteiger partial charge in [0.25, 0.3) is 5.56 Å². The van der Waals surface area contributed by atoms with Gasteiger partial charge in [0.05, 0.1) is 10.9 Å². The van der Waals surface area contributed by atoms with Crippen molar-refractivity contribution in [1.29, 1.82) is 0 Å². The molecule has 0 radical (unpaired) electrons. The summed E-state index contributed by atoms with van der Waals surface area (Å²) in [7, 11) is 0. The van der Waals surface area contributed by atoms with Gasteiger partial charge in [0.2, 0.25) is 5.95 Å². The van der Waals surface area contributed by atoms with Gasteiger partial charge in [0.1, 0.15) is 0 Å². The maximum absolute atomic E-state index is 13.1. The van der Waals surface area contributed by atoms with Crippen LogP contribution >= 0.6 is 0 Å². The Kier molecular flexibility index (Phi) is 2.90. The molecule has 0 aliphatic rings. The predicted molar refractivity (Wildman–Crippen MR) is 72.0 cm³/mol. The van der Waals surface area contributed by atoms with Crippen LogP contribution in [0.3, 0.4) is 0 Å². The van der Waals surface area contributed by atoms with Crippen LogP contribution < -0.4 is 10.9 Å². The van der Waals surface area contributed by atoms with Gasteiger partial charge in [0, 0.05) is 11.8 Å². The number of hydrogen-bond acceptors (Lipinski definition) is 3. The summed E-state index contributed by atoms with van der Waals surface area (Å²) in [5.41, 5.74) is 0.504. The molecule has 1 heterocycles. The van der Waals surface area contributed by atoms with Crippen molar-refractivity contribution < 1.29 is 8.78 Å². The Bertz CT molecular complexity index is 845. The van der Waals surface area contributed by atoms with E-state index >= 15 is 0 Å². The lowest BCUT2D eigenvalue weighted by Gasteiger charge is -2.06. The van der Waals surface area contributed by atoms with Gasteiger partial charge < -0.3 is 5.32 Å². The van der Waals surface area contributed by atoms with Gasteiger partial charge in [-0.2, -0.15) is 0 Å². The van der Waals surface area contributed by atoms with Gasteiger partial charge in [-0.05, 0) is 24.3 Å². The Hall–Kier alpha value is -2.76. The van der Waals surface area contributed by atoms with E-state index in [1.165, 1.54) is 6.07 Å². The van der Waals surface area contributed by atoms with Crippen molar-refractivity contribution in [3.05, 3.63) is 64.5 Å². The minimum absolute atomic E-state index is 0.166. The van der Waals surface area contributed by atoms with E-state index in [1.807, 2.05) is 0 Å². The SMILES string of the molecule is O=c1[nH]c(Nc2ccc(F)c(F)c2)nc2ccccc12. The van der Waals surface area contributed by atoms with E-state index in [0.717, 1.165) is 12.1 Å². The van der Waals surface area contributed by atoms with E-state index in [-0.39, 0.29) is 11.5 Å². The first-order valence-electron chi connectivity index (χ1n) is 5.84. The van der Waals surface area contributed by atoms with Crippen LogP contribution in [0.1, 0.15) is 0 Å². The number of nitrogens with one attached hydrogen (secondary N) is 2. The Balaban J connectivity index is 2.02. The molecule has 0 fully saturated rings. The fourth-order valence-electron chi connectivity index (χ4n) is 1.86. The fraction of sp³-hybridized carbons (Fsp3) is 0. The van der Waals surface area contributed by atoms with E-state index in [1.54, 1.807) is 24.3 Å². The summed E-state index contributed by atoms with van der Waals surface area (Å²) < 4.78 is 25.9. The van der Waals surface area contributed by atoms with Gasteiger partial charge in [-0.1, -0.05) is 12.1 Å². The topological polar surface area (TPSA) is 57.8 Å². The number of halogens is 2. The third kappa shape index (κ3) is 2.23. The molecular weight excluding hydrogens is 264 g/mol. The molecule has 0 aliphatic carbocycles. The molecule has 2 aromatic carbocycles. The maximum atomic E-state index is 13.1. The standard InChI is InChI=1S/C14H9F2N3O/c15-10-6-5-8(7-11(10)16)17-14-18-12-4-2-1-3-9(12)13(20)19-14/h1-7H,(H2,17,18,19,20). The molecule has 0 bridgehead atoms. The summed E-state index contributed by atoms with van der Waals surface area (Å²) in [6.07, 6.45) is 0. The number of anilines is 2. The number of aromatic amines is 1. The number of benzene rings is 2. The molecule has 100 valence electrons. The van der Waals surface area contributed by atoms with E-state index in [2.05, 4.69) is 15.3 Å². The predicted octanol–water partition coefficient (Wildman–Crippen LogP) is 2.94. The Morgan fingerprint density at radius 3 is 2.65 bits per heavy atom. The Labute approximate surface area is 112 Å². The van der Waals surface area contributed by atoms with Crippen LogP contribution in [0.4, 0.5) is 20.4 Å². The molecule has 0 unspecified atom stereocenters. The second-order valence-electron chi connectivity index (χ2n) is 4.19. The lowest BCUT2D eigenvalue weighted by atomic mass is 10.2. The van der Waals surface area contributed by atoms with Crippen LogP contribution in [0, 0.1) is 11.6 Å². The van der Waals surface area contributed by atoms with Crippen molar-refractivity contribution in [2.45, 2.75) is 0 Å². The average molecular weight is 273 g/mol. The number of H-pyrrole nitrogens is 1. The number of aromatic nitrogens is 2. The number of rotatable bonds is 2. The highest BCUT2D eigenvalue weighted by Crippen LogP contribution is 2.17. The van der Waals surface area contributed by atoms with Gasteiger partial charge >= 0.3 is 0 Å². The van der Waals surface area contributed by atoms with Crippen LogP contribution in [-0.2, 0) is 0 Å². The second-order valence-corrected chi connectivity index (χ2v) is 4.19. The molecule has 0 spiro atoms. The molecule has 1 aromatic heterocycles. The molecule has 4 nitrogen and oxygen atoms in total. The highest BCUT2D eigenvalue weighted by Gasteiger charge is 2.06. The summed E-state index contributed by atoms with van der Waals surface area (Å²) in [5.74, 6) is -1.74. The van der Waals surface area contributed by atoms with Gasteiger partial charge in [-0.25, -0.2) is 13.8 Å². The van der Waals surface area contributed by atoms with Crippen molar-refractivity contribution >= 4 is 22.5 Å². The van der Waals surface area contributed by atoms with Gasteiger partial charge in [-0.3, -0.25) is 9.78 Å². The first-order valence-corrected chi connectivity index (χ1v) is 5.84. The van der Waals surface area contributed by atoms with Crippen LogP contribution in [0.2, 0.25) is 0 Å². The normalized spacial score (nSPS) is 10.7. The van der Waals surface area contributed by atoms with E-state index in [0.29, 0.717) is 16.6 Å². The second kappa shape index (κ2) is 4.73. The van der Waals surface area contributed by atoms with E-state index in [9.17, 15) is 13.6 Å². The zero-order valence-corrected chi connectivity index (χ0v) is 10.2. The fourth-order valence-corrected chi connectivity index (χ4v) is 1.86. The first kappa shape index (κ1) is 12.3. The number of hydrogen-bond donors (Lipinski definition) is 2. The Morgan fingerprint density at radius 2 is 1.85 bits per heavy atom. The third-order valence-electron chi connectivity index (χ3n) is 2.80. The zero-order valence-electron chi connectivity index (χ0n) is 10.2. The maximum Gasteiger partial charge on any atom is 0.260 e. The van der Waals surface area contributed by atoms with Crippen molar-refractivity contribution in [2.24, 2.45) is 0 Å². The number of nitrogens with zero attached hydrogens (tertiary/aromatic N) is 1. The lowest BCUT2D eigenvalue weighted by molar-refractivity contribution is 0.509. The number of para-hydroxylation sites is 1. The quantitative estimate of drug-likeness (QED) is 0.754. The lowest BCUT2D eigenvalue weighted by Crippen LogP contribution is -2.11. The summed E-state index contributed by atoms with van der Waals surface area (Å²) in [6, 6.07) is 10.2. The van der Waals surface area contributed by atoms with Crippen molar-refractivity contribution in [2.75, 3.05) is 5.32 Å². The molecule has 0 saturated heterocycles. The minimum Gasteiger partial charge on any atom is -0.326 e. The van der Waals surface area contributed by atoms with Gasteiger partial charge in [0.15, 0.2) is 11.6 Å². The molecule has 6 heteroatoms. The molecule has 0 atom stereocenters. The van der Waals surface area contributed by atoms with Gasteiger partial charge in [-0.15, -0.1) is 0 Å². The van der Waals surface area contributed by atoms with Crippen LogP contribution in [0.5, 0.6) is 0 Å². The molecule has 20 heavy (non-hydrogen) atoms. The molecular formula is C14H9F2N3O. The summed E-state index contributed by atoms with van der Waals surface area (Å²) in [4.78, 5) is 18.6.